The first kappa shape index (κ1) is 14.1. The van der Waals surface area contributed by atoms with Gasteiger partial charge < -0.3 is 10.2 Å². The first-order chi connectivity index (χ1) is 9.19. The maximum atomic E-state index is 4.56. The smallest absolute Gasteiger partial charge is 0.134 e. The van der Waals surface area contributed by atoms with E-state index in [1.54, 1.807) is 0 Å². The summed E-state index contributed by atoms with van der Waals surface area (Å²) in [6.45, 7) is 6.05. The second kappa shape index (κ2) is 6.73. The van der Waals surface area contributed by atoms with Crippen LogP contribution in [0.15, 0.2) is 6.07 Å². The molecule has 1 aromatic heterocycles. The Labute approximate surface area is 116 Å². The van der Waals surface area contributed by atoms with Crippen LogP contribution in [0.5, 0.6) is 0 Å². The van der Waals surface area contributed by atoms with E-state index in [1.165, 1.54) is 32.1 Å². The predicted octanol–water partition coefficient (Wildman–Crippen LogP) is 3.23. The molecule has 1 aliphatic rings. The molecule has 0 bridgehead atoms. The van der Waals surface area contributed by atoms with E-state index < -0.39 is 0 Å². The Morgan fingerprint density at radius 3 is 2.68 bits per heavy atom. The summed E-state index contributed by atoms with van der Waals surface area (Å²) in [5, 5.41) is 3.27. The fourth-order valence-corrected chi connectivity index (χ4v) is 2.87. The monoisotopic (exact) mass is 262 g/mol. The van der Waals surface area contributed by atoms with Gasteiger partial charge in [-0.05, 0) is 32.6 Å². The van der Waals surface area contributed by atoms with Crippen molar-refractivity contribution < 1.29 is 0 Å². The number of hydrogen-bond donors (Lipinski definition) is 1. The summed E-state index contributed by atoms with van der Waals surface area (Å²) >= 11 is 0. The van der Waals surface area contributed by atoms with E-state index in [4.69, 9.17) is 0 Å². The summed E-state index contributed by atoms with van der Waals surface area (Å²) in [4.78, 5) is 11.2. The summed E-state index contributed by atoms with van der Waals surface area (Å²) in [6, 6.07) is 2.05. The van der Waals surface area contributed by atoms with E-state index in [9.17, 15) is 0 Å². The highest BCUT2D eigenvalue weighted by atomic mass is 15.2. The molecule has 0 saturated heterocycles. The van der Waals surface area contributed by atoms with Gasteiger partial charge in [0.05, 0.1) is 0 Å². The first-order valence-electron chi connectivity index (χ1n) is 7.49. The molecule has 0 radical (unpaired) electrons. The fourth-order valence-electron chi connectivity index (χ4n) is 2.87. The lowest BCUT2D eigenvalue weighted by Crippen LogP contribution is -2.27. The van der Waals surface area contributed by atoms with Crippen molar-refractivity contribution in [2.45, 2.75) is 46.0 Å². The summed E-state index contributed by atoms with van der Waals surface area (Å²) in [6.07, 6.45) is 6.94. The molecule has 4 heteroatoms. The van der Waals surface area contributed by atoms with Gasteiger partial charge in [-0.15, -0.1) is 0 Å². The van der Waals surface area contributed by atoms with Crippen LogP contribution in [0.4, 0.5) is 11.6 Å². The lowest BCUT2D eigenvalue weighted by Gasteiger charge is -2.28. The van der Waals surface area contributed by atoms with E-state index >= 15 is 0 Å². The topological polar surface area (TPSA) is 41.0 Å². The van der Waals surface area contributed by atoms with E-state index in [0.717, 1.165) is 36.5 Å². The van der Waals surface area contributed by atoms with Crippen molar-refractivity contribution in [3.05, 3.63) is 11.9 Å². The predicted molar refractivity (Wildman–Crippen MR) is 80.8 cm³/mol. The van der Waals surface area contributed by atoms with Crippen LogP contribution in [0.1, 0.15) is 44.9 Å². The van der Waals surface area contributed by atoms with Crippen molar-refractivity contribution in [2.75, 3.05) is 30.4 Å². The molecule has 1 heterocycles. The molecule has 106 valence electrons. The van der Waals surface area contributed by atoms with Gasteiger partial charge in [-0.2, -0.15) is 0 Å². The highest BCUT2D eigenvalue weighted by Gasteiger charge is 2.16. The molecule has 0 spiro atoms. The van der Waals surface area contributed by atoms with Gasteiger partial charge in [0.2, 0.25) is 0 Å². The number of anilines is 2. The average Bonchev–Trinajstić information content (AvgIpc) is 2.39. The minimum absolute atomic E-state index is 0.830. The molecular weight excluding hydrogens is 236 g/mol. The number of nitrogens with zero attached hydrogens (tertiary/aromatic N) is 3. The first-order valence-corrected chi connectivity index (χ1v) is 7.49. The zero-order valence-electron chi connectivity index (χ0n) is 12.4. The zero-order valence-corrected chi connectivity index (χ0v) is 12.4. The molecule has 1 aromatic rings. The maximum Gasteiger partial charge on any atom is 0.134 e. The van der Waals surface area contributed by atoms with E-state index in [2.05, 4.69) is 40.2 Å². The minimum atomic E-state index is 0.830. The number of aromatic nitrogens is 2. The molecule has 2 rings (SSSR count). The lowest BCUT2D eigenvalue weighted by atomic mass is 9.89. The summed E-state index contributed by atoms with van der Waals surface area (Å²) in [5.41, 5.74) is 0. The molecule has 0 atom stereocenters. The van der Waals surface area contributed by atoms with Crippen molar-refractivity contribution in [3.63, 3.8) is 0 Å². The quantitative estimate of drug-likeness (QED) is 0.884. The Balaban J connectivity index is 2.02. The van der Waals surface area contributed by atoms with Gasteiger partial charge in [0.25, 0.3) is 0 Å². The molecule has 0 aromatic carbocycles. The minimum Gasteiger partial charge on any atom is -0.370 e. The molecule has 1 fully saturated rings. The average molecular weight is 262 g/mol. The summed E-state index contributed by atoms with van der Waals surface area (Å²) in [7, 11) is 2.14. The Morgan fingerprint density at radius 2 is 2.00 bits per heavy atom. The highest BCUT2D eigenvalue weighted by molar-refractivity contribution is 5.48. The number of aryl methyl sites for hydroxylation is 1. The molecule has 0 unspecified atom stereocenters. The normalized spacial score (nSPS) is 16.4. The van der Waals surface area contributed by atoms with Crippen molar-refractivity contribution in [1.82, 2.24) is 9.97 Å². The lowest BCUT2D eigenvalue weighted by molar-refractivity contribution is 0.361. The molecule has 0 aliphatic heterocycles. The Morgan fingerprint density at radius 1 is 1.26 bits per heavy atom. The Kier molecular flexibility index (Phi) is 5.00. The van der Waals surface area contributed by atoms with Crippen molar-refractivity contribution in [1.29, 1.82) is 0 Å². The molecule has 19 heavy (non-hydrogen) atoms. The SMILES string of the molecule is CCNc1cc(N(C)CC2CCCCC2)nc(C)n1. The highest BCUT2D eigenvalue weighted by Crippen LogP contribution is 2.25. The molecule has 1 saturated carbocycles. The van der Waals surface area contributed by atoms with Gasteiger partial charge in [0.15, 0.2) is 0 Å². The van der Waals surface area contributed by atoms with E-state index in [1.807, 2.05) is 6.92 Å². The van der Waals surface area contributed by atoms with Gasteiger partial charge in [0.1, 0.15) is 17.5 Å². The standard InChI is InChI=1S/C15H26N4/c1-4-16-14-10-15(18-12(2)17-14)19(3)11-13-8-6-5-7-9-13/h10,13H,4-9,11H2,1-3H3,(H,16,17,18). The zero-order chi connectivity index (χ0) is 13.7. The van der Waals surface area contributed by atoms with Crippen LogP contribution >= 0.6 is 0 Å². The largest absolute Gasteiger partial charge is 0.370 e. The van der Waals surface area contributed by atoms with Crippen molar-refractivity contribution >= 4 is 11.6 Å². The fraction of sp³-hybridized carbons (Fsp3) is 0.733. The van der Waals surface area contributed by atoms with Gasteiger partial charge in [-0.25, -0.2) is 9.97 Å². The van der Waals surface area contributed by atoms with Gasteiger partial charge in [0, 0.05) is 26.2 Å². The van der Waals surface area contributed by atoms with Crippen LogP contribution in [-0.2, 0) is 0 Å². The summed E-state index contributed by atoms with van der Waals surface area (Å²) < 4.78 is 0. The van der Waals surface area contributed by atoms with Crippen LogP contribution in [0.25, 0.3) is 0 Å². The second-order valence-corrected chi connectivity index (χ2v) is 5.57. The molecule has 1 N–H and O–H groups in total. The molecular formula is C15H26N4. The molecule has 1 aliphatic carbocycles. The Bertz CT molecular complexity index is 399. The maximum absolute atomic E-state index is 4.56. The van der Waals surface area contributed by atoms with Gasteiger partial charge in [-0.1, -0.05) is 19.3 Å². The Hall–Kier alpha value is -1.32. The molecule has 0 amide bonds. The molecule has 4 nitrogen and oxygen atoms in total. The third-order valence-corrected chi connectivity index (χ3v) is 3.83. The van der Waals surface area contributed by atoms with Crippen LogP contribution in [-0.4, -0.2) is 30.1 Å². The van der Waals surface area contributed by atoms with Gasteiger partial charge in [-0.3, -0.25) is 0 Å². The third-order valence-electron chi connectivity index (χ3n) is 3.83. The van der Waals surface area contributed by atoms with Crippen molar-refractivity contribution in [2.24, 2.45) is 5.92 Å². The van der Waals surface area contributed by atoms with Crippen LogP contribution in [0.3, 0.4) is 0 Å². The van der Waals surface area contributed by atoms with Crippen molar-refractivity contribution in [3.8, 4) is 0 Å². The van der Waals surface area contributed by atoms with E-state index in [-0.39, 0.29) is 0 Å². The van der Waals surface area contributed by atoms with E-state index in [0.29, 0.717) is 0 Å². The van der Waals surface area contributed by atoms with Crippen LogP contribution in [0, 0.1) is 12.8 Å². The van der Waals surface area contributed by atoms with Crippen LogP contribution < -0.4 is 10.2 Å². The number of nitrogens with one attached hydrogen (secondary N) is 1. The van der Waals surface area contributed by atoms with Crippen LogP contribution in [0.2, 0.25) is 0 Å². The number of rotatable bonds is 5. The second-order valence-electron chi connectivity index (χ2n) is 5.57. The number of hydrogen-bond acceptors (Lipinski definition) is 4. The third kappa shape index (κ3) is 4.08. The summed E-state index contributed by atoms with van der Waals surface area (Å²) in [5.74, 6) is 3.63. The van der Waals surface area contributed by atoms with Gasteiger partial charge >= 0.3 is 0 Å².